The standard InChI is InChI=1S/C13H17BrF3NO/c1-2-3-9(7-18)12(19)8-4-5-11(14)10(6-8)13(15,16)17/h4-6,9,12,19H,2-3,7,18H2,1H3. The van der Waals surface area contributed by atoms with Gasteiger partial charge in [-0.1, -0.05) is 35.3 Å². The summed E-state index contributed by atoms with van der Waals surface area (Å²) in [5.74, 6) is -0.229. The van der Waals surface area contributed by atoms with E-state index in [2.05, 4.69) is 15.9 Å². The Kier molecular flexibility index (Phi) is 5.82. The quantitative estimate of drug-likeness (QED) is 0.855. The fourth-order valence-corrected chi connectivity index (χ4v) is 2.46. The van der Waals surface area contributed by atoms with Gasteiger partial charge in [-0.3, -0.25) is 0 Å². The molecule has 0 spiro atoms. The van der Waals surface area contributed by atoms with Crippen molar-refractivity contribution in [2.75, 3.05) is 6.54 Å². The zero-order chi connectivity index (χ0) is 14.6. The number of rotatable bonds is 5. The second kappa shape index (κ2) is 6.72. The summed E-state index contributed by atoms with van der Waals surface area (Å²) in [5, 5.41) is 10.1. The van der Waals surface area contributed by atoms with Crippen LogP contribution in [0.1, 0.15) is 37.0 Å². The Morgan fingerprint density at radius 2 is 2.00 bits per heavy atom. The third-order valence-electron chi connectivity index (χ3n) is 3.05. The zero-order valence-corrected chi connectivity index (χ0v) is 12.1. The summed E-state index contributed by atoms with van der Waals surface area (Å²) in [4.78, 5) is 0. The molecule has 6 heteroatoms. The first kappa shape index (κ1) is 16.5. The minimum absolute atomic E-state index is 0.0317. The Morgan fingerprint density at radius 1 is 1.37 bits per heavy atom. The number of aliphatic hydroxyl groups is 1. The fourth-order valence-electron chi connectivity index (χ4n) is 1.99. The van der Waals surface area contributed by atoms with Crippen LogP contribution in [0, 0.1) is 5.92 Å². The summed E-state index contributed by atoms with van der Waals surface area (Å²) in [6, 6.07) is 3.77. The van der Waals surface area contributed by atoms with Crippen molar-refractivity contribution in [1.29, 1.82) is 0 Å². The Morgan fingerprint density at radius 3 is 2.47 bits per heavy atom. The van der Waals surface area contributed by atoms with Gasteiger partial charge in [0.15, 0.2) is 0 Å². The van der Waals surface area contributed by atoms with Crippen LogP contribution in [0.15, 0.2) is 22.7 Å². The predicted octanol–water partition coefficient (Wildman–Crippen LogP) is 3.88. The molecule has 0 bridgehead atoms. The first-order valence-corrected chi connectivity index (χ1v) is 6.85. The molecule has 0 aromatic heterocycles. The highest BCUT2D eigenvalue weighted by Gasteiger charge is 2.34. The minimum Gasteiger partial charge on any atom is -0.388 e. The molecule has 1 aromatic rings. The largest absolute Gasteiger partial charge is 0.417 e. The molecule has 0 fully saturated rings. The molecule has 1 aromatic carbocycles. The predicted molar refractivity (Wildman–Crippen MR) is 71.6 cm³/mol. The van der Waals surface area contributed by atoms with E-state index in [-0.39, 0.29) is 22.5 Å². The van der Waals surface area contributed by atoms with Crippen LogP contribution in [0.4, 0.5) is 13.2 Å². The van der Waals surface area contributed by atoms with E-state index in [9.17, 15) is 18.3 Å². The molecule has 0 aliphatic heterocycles. The van der Waals surface area contributed by atoms with Crippen LogP contribution in [-0.2, 0) is 6.18 Å². The van der Waals surface area contributed by atoms with Crippen LogP contribution in [0.5, 0.6) is 0 Å². The van der Waals surface area contributed by atoms with Gasteiger partial charge in [0.25, 0.3) is 0 Å². The van der Waals surface area contributed by atoms with Gasteiger partial charge in [-0.2, -0.15) is 13.2 Å². The van der Waals surface area contributed by atoms with Gasteiger partial charge in [0, 0.05) is 10.4 Å². The second-order valence-electron chi connectivity index (χ2n) is 4.47. The lowest BCUT2D eigenvalue weighted by molar-refractivity contribution is -0.138. The van der Waals surface area contributed by atoms with Crippen molar-refractivity contribution in [3.63, 3.8) is 0 Å². The molecule has 2 unspecified atom stereocenters. The minimum atomic E-state index is -4.45. The van der Waals surface area contributed by atoms with Gasteiger partial charge in [0.2, 0.25) is 0 Å². The molecular formula is C13H17BrF3NO. The first-order valence-electron chi connectivity index (χ1n) is 6.06. The Hall–Kier alpha value is -0.590. The molecule has 0 heterocycles. The molecule has 108 valence electrons. The SMILES string of the molecule is CCCC(CN)C(O)c1ccc(Br)c(C(F)(F)F)c1. The van der Waals surface area contributed by atoms with E-state index in [0.29, 0.717) is 6.42 Å². The van der Waals surface area contributed by atoms with Crippen molar-refractivity contribution < 1.29 is 18.3 Å². The van der Waals surface area contributed by atoms with Crippen molar-refractivity contribution in [3.05, 3.63) is 33.8 Å². The highest BCUT2D eigenvalue weighted by molar-refractivity contribution is 9.10. The van der Waals surface area contributed by atoms with E-state index >= 15 is 0 Å². The maximum atomic E-state index is 12.8. The van der Waals surface area contributed by atoms with Gasteiger partial charge in [0.1, 0.15) is 0 Å². The summed E-state index contributed by atoms with van der Waals surface area (Å²) in [5.41, 5.74) is 5.03. The summed E-state index contributed by atoms with van der Waals surface area (Å²) in [6.45, 7) is 2.19. The van der Waals surface area contributed by atoms with Crippen LogP contribution in [-0.4, -0.2) is 11.7 Å². The topological polar surface area (TPSA) is 46.2 Å². The molecule has 0 saturated carbocycles. The molecule has 3 N–H and O–H groups in total. The summed E-state index contributed by atoms with van der Waals surface area (Å²) < 4.78 is 38.3. The molecule has 0 aliphatic rings. The van der Waals surface area contributed by atoms with E-state index in [0.717, 1.165) is 12.5 Å². The van der Waals surface area contributed by atoms with Crippen LogP contribution in [0.2, 0.25) is 0 Å². The maximum absolute atomic E-state index is 12.8. The van der Waals surface area contributed by atoms with E-state index in [1.54, 1.807) is 0 Å². The fraction of sp³-hybridized carbons (Fsp3) is 0.538. The molecule has 19 heavy (non-hydrogen) atoms. The van der Waals surface area contributed by atoms with Gasteiger partial charge in [-0.05, 0) is 30.7 Å². The van der Waals surface area contributed by atoms with Gasteiger partial charge in [-0.25, -0.2) is 0 Å². The monoisotopic (exact) mass is 339 g/mol. The lowest BCUT2D eigenvalue weighted by Gasteiger charge is -2.22. The van der Waals surface area contributed by atoms with Crippen LogP contribution >= 0.6 is 15.9 Å². The maximum Gasteiger partial charge on any atom is 0.417 e. The van der Waals surface area contributed by atoms with Crippen LogP contribution < -0.4 is 5.73 Å². The second-order valence-corrected chi connectivity index (χ2v) is 5.32. The van der Waals surface area contributed by atoms with Crippen molar-refractivity contribution >= 4 is 15.9 Å². The number of hydrogen-bond acceptors (Lipinski definition) is 2. The van der Waals surface area contributed by atoms with Crippen molar-refractivity contribution in [3.8, 4) is 0 Å². The average molecular weight is 340 g/mol. The van der Waals surface area contributed by atoms with E-state index < -0.39 is 17.8 Å². The van der Waals surface area contributed by atoms with Crippen molar-refractivity contribution in [2.24, 2.45) is 11.7 Å². The summed E-state index contributed by atoms with van der Waals surface area (Å²) in [6.07, 6.45) is -3.92. The molecule has 0 amide bonds. The summed E-state index contributed by atoms with van der Waals surface area (Å²) >= 11 is 2.87. The van der Waals surface area contributed by atoms with E-state index in [1.807, 2.05) is 6.92 Å². The molecule has 0 saturated heterocycles. The Balaban J connectivity index is 3.08. The summed E-state index contributed by atoms with van der Waals surface area (Å²) in [7, 11) is 0. The Bertz CT molecular complexity index is 423. The Labute approximate surface area is 118 Å². The average Bonchev–Trinajstić information content (AvgIpc) is 2.34. The van der Waals surface area contributed by atoms with E-state index in [4.69, 9.17) is 5.73 Å². The number of benzene rings is 1. The van der Waals surface area contributed by atoms with Gasteiger partial charge in [-0.15, -0.1) is 0 Å². The third kappa shape index (κ3) is 4.19. The highest BCUT2D eigenvalue weighted by Crippen LogP contribution is 2.37. The molecule has 0 aliphatic carbocycles. The van der Waals surface area contributed by atoms with Gasteiger partial charge < -0.3 is 10.8 Å². The molecule has 1 rings (SSSR count). The molecule has 2 atom stereocenters. The number of nitrogens with two attached hydrogens (primary N) is 1. The van der Waals surface area contributed by atoms with Crippen molar-refractivity contribution in [1.82, 2.24) is 0 Å². The molecular weight excluding hydrogens is 323 g/mol. The normalized spacial score (nSPS) is 15.3. The first-order chi connectivity index (χ1) is 8.81. The van der Waals surface area contributed by atoms with Gasteiger partial charge in [0.05, 0.1) is 11.7 Å². The molecule has 0 radical (unpaired) electrons. The zero-order valence-electron chi connectivity index (χ0n) is 10.5. The van der Waals surface area contributed by atoms with Crippen molar-refractivity contribution in [2.45, 2.75) is 32.0 Å². The number of halogens is 4. The van der Waals surface area contributed by atoms with Crippen LogP contribution in [0.3, 0.4) is 0 Å². The number of aliphatic hydroxyl groups excluding tert-OH is 1. The van der Waals surface area contributed by atoms with E-state index in [1.165, 1.54) is 12.1 Å². The lowest BCUT2D eigenvalue weighted by atomic mass is 9.91. The molecule has 2 nitrogen and oxygen atoms in total. The van der Waals surface area contributed by atoms with Crippen LogP contribution in [0.25, 0.3) is 0 Å². The number of alkyl halides is 3. The highest BCUT2D eigenvalue weighted by atomic mass is 79.9. The lowest BCUT2D eigenvalue weighted by Crippen LogP contribution is -2.22. The number of hydrogen-bond donors (Lipinski definition) is 2. The van der Waals surface area contributed by atoms with Gasteiger partial charge >= 0.3 is 6.18 Å². The smallest absolute Gasteiger partial charge is 0.388 e. The third-order valence-corrected chi connectivity index (χ3v) is 3.74.